The van der Waals surface area contributed by atoms with Gasteiger partial charge in [0.15, 0.2) is 0 Å². The lowest BCUT2D eigenvalue weighted by Gasteiger charge is -2.31. The molecule has 0 unspecified atom stereocenters. The third-order valence-electron chi connectivity index (χ3n) is 3.07. The first-order valence-electron chi connectivity index (χ1n) is 5.93. The topological polar surface area (TPSA) is 3.24 Å². The Bertz CT molecular complexity index is 289. The molecule has 0 fully saturated rings. The van der Waals surface area contributed by atoms with Crippen molar-refractivity contribution in [2.75, 3.05) is 20.1 Å². The van der Waals surface area contributed by atoms with E-state index in [1.54, 1.807) is 5.57 Å². The fourth-order valence-electron chi connectivity index (χ4n) is 2.18. The summed E-state index contributed by atoms with van der Waals surface area (Å²) in [6.07, 6.45) is 3.52. The van der Waals surface area contributed by atoms with Crippen molar-refractivity contribution in [3.05, 3.63) is 21.8 Å². The zero-order chi connectivity index (χ0) is 11.4. The molecule has 0 saturated heterocycles. The summed E-state index contributed by atoms with van der Waals surface area (Å²) < 4.78 is 0. The Balaban J connectivity index is 0.000000531. The summed E-state index contributed by atoms with van der Waals surface area (Å²) in [5.74, 6) is 0. The number of likely N-dealkylation sites (N-methyl/N-ethyl adjacent to an activating group) is 1. The summed E-state index contributed by atoms with van der Waals surface area (Å²) in [5.41, 5.74) is 4.40. The van der Waals surface area contributed by atoms with Crippen molar-refractivity contribution in [2.45, 2.75) is 40.0 Å². The molecule has 1 aliphatic carbocycles. The quantitative estimate of drug-likeness (QED) is 0.606. The molecule has 0 saturated carbocycles. The number of rotatable bonds is 0. The zero-order valence-electron chi connectivity index (χ0n) is 10.4. The maximum Gasteiger partial charge on any atom is 0.0427 e. The van der Waals surface area contributed by atoms with Crippen molar-refractivity contribution in [3.63, 3.8) is 0 Å². The number of hydrogen-bond donors (Lipinski definition) is 0. The lowest BCUT2D eigenvalue weighted by molar-refractivity contribution is 0.343. The summed E-state index contributed by atoms with van der Waals surface area (Å²) in [4.78, 5) is 2.38. The average molecular weight is 228 g/mol. The Morgan fingerprint density at radius 1 is 1.13 bits per heavy atom. The van der Waals surface area contributed by atoms with Crippen molar-refractivity contribution in [2.24, 2.45) is 0 Å². The highest BCUT2D eigenvalue weighted by Gasteiger charge is 2.22. The van der Waals surface area contributed by atoms with E-state index in [0.29, 0.717) is 0 Å². The minimum absolute atomic E-state index is 1.06. The molecule has 0 spiro atoms. The van der Waals surface area contributed by atoms with Gasteiger partial charge in [-0.3, -0.25) is 0 Å². The Morgan fingerprint density at radius 3 is 2.47 bits per heavy atom. The normalized spacial score (nSPS) is 22.2. The fraction of sp³-hybridized carbons (Fsp3) is 0.692. The van der Waals surface area contributed by atoms with E-state index >= 15 is 0 Å². The molecule has 0 radical (unpaired) electrons. The fourth-order valence-corrected chi connectivity index (χ4v) is 2.50. The number of halogens is 1. The van der Waals surface area contributed by atoms with Crippen LogP contribution < -0.4 is 0 Å². The molecule has 0 amide bonds. The molecule has 2 rings (SSSR count). The van der Waals surface area contributed by atoms with Gasteiger partial charge in [0.25, 0.3) is 0 Å². The summed E-state index contributed by atoms with van der Waals surface area (Å²) in [7, 11) is 2.18. The molecule has 15 heavy (non-hydrogen) atoms. The van der Waals surface area contributed by atoms with Gasteiger partial charge in [0.2, 0.25) is 0 Å². The number of hydrogen-bond acceptors (Lipinski definition) is 1. The molecular formula is C13H22ClN. The number of nitrogens with zero attached hydrogens (tertiary/aromatic N) is 1. The predicted molar refractivity (Wildman–Crippen MR) is 68.3 cm³/mol. The molecule has 0 aromatic heterocycles. The largest absolute Gasteiger partial charge is 0.302 e. The van der Waals surface area contributed by atoms with E-state index < -0.39 is 0 Å². The van der Waals surface area contributed by atoms with Crippen molar-refractivity contribution < 1.29 is 0 Å². The monoisotopic (exact) mass is 227 g/mol. The lowest BCUT2D eigenvalue weighted by Crippen LogP contribution is -2.29. The highest BCUT2D eigenvalue weighted by molar-refractivity contribution is 6.32. The van der Waals surface area contributed by atoms with Crippen LogP contribution in [0.1, 0.15) is 40.0 Å². The molecule has 1 aliphatic heterocycles. The van der Waals surface area contributed by atoms with Gasteiger partial charge in [-0.15, -0.1) is 0 Å². The van der Waals surface area contributed by atoms with Gasteiger partial charge in [-0.2, -0.15) is 0 Å². The van der Waals surface area contributed by atoms with Crippen LogP contribution in [0.15, 0.2) is 21.8 Å². The van der Waals surface area contributed by atoms with Crippen LogP contribution in [0, 0.1) is 0 Å². The Labute approximate surface area is 98.8 Å². The highest BCUT2D eigenvalue weighted by atomic mass is 35.5. The van der Waals surface area contributed by atoms with E-state index in [0.717, 1.165) is 31.0 Å². The second kappa shape index (κ2) is 5.72. The van der Waals surface area contributed by atoms with Gasteiger partial charge in [0, 0.05) is 18.1 Å². The summed E-state index contributed by atoms with van der Waals surface area (Å²) in [6.45, 7) is 8.44. The van der Waals surface area contributed by atoms with Crippen LogP contribution in [-0.4, -0.2) is 25.0 Å². The van der Waals surface area contributed by atoms with Gasteiger partial charge in [-0.05, 0) is 38.8 Å². The van der Waals surface area contributed by atoms with Gasteiger partial charge in [-0.1, -0.05) is 36.6 Å². The Kier molecular flexibility index (Phi) is 4.88. The van der Waals surface area contributed by atoms with Crippen LogP contribution in [0.4, 0.5) is 0 Å². The predicted octanol–water partition coefficient (Wildman–Crippen LogP) is 3.95. The van der Waals surface area contributed by atoms with Crippen LogP contribution in [0.25, 0.3) is 0 Å². The van der Waals surface area contributed by atoms with Gasteiger partial charge < -0.3 is 4.90 Å². The van der Waals surface area contributed by atoms with Crippen LogP contribution in [-0.2, 0) is 0 Å². The molecule has 2 heteroatoms. The molecule has 0 aromatic rings. The van der Waals surface area contributed by atoms with Gasteiger partial charge in [0.05, 0.1) is 0 Å². The molecule has 1 nitrogen and oxygen atoms in total. The van der Waals surface area contributed by atoms with Crippen molar-refractivity contribution >= 4 is 11.6 Å². The first-order valence-corrected chi connectivity index (χ1v) is 6.31. The van der Waals surface area contributed by atoms with Crippen molar-refractivity contribution in [3.8, 4) is 0 Å². The van der Waals surface area contributed by atoms with E-state index in [1.165, 1.54) is 17.6 Å². The molecule has 0 aromatic carbocycles. The molecule has 0 atom stereocenters. The zero-order valence-corrected chi connectivity index (χ0v) is 11.1. The third-order valence-corrected chi connectivity index (χ3v) is 3.62. The minimum Gasteiger partial charge on any atom is -0.302 e. The first kappa shape index (κ1) is 12.8. The van der Waals surface area contributed by atoms with Gasteiger partial charge >= 0.3 is 0 Å². The maximum absolute atomic E-state index is 6.29. The highest BCUT2D eigenvalue weighted by Crippen LogP contribution is 2.36. The third kappa shape index (κ3) is 2.85. The van der Waals surface area contributed by atoms with E-state index in [-0.39, 0.29) is 0 Å². The van der Waals surface area contributed by atoms with Crippen molar-refractivity contribution in [1.82, 2.24) is 4.90 Å². The smallest absolute Gasteiger partial charge is 0.0427 e. The van der Waals surface area contributed by atoms with Crippen LogP contribution >= 0.6 is 11.6 Å². The van der Waals surface area contributed by atoms with Gasteiger partial charge in [-0.25, -0.2) is 0 Å². The second-order valence-electron chi connectivity index (χ2n) is 4.16. The molecule has 0 bridgehead atoms. The van der Waals surface area contributed by atoms with E-state index in [1.807, 2.05) is 13.8 Å². The standard InChI is InChI=1S/C11H16ClN.C2H6/c1-8-3-4-9-7-13(2)6-5-10(9)11(8)12;1-2/h3-7H2,1-2H3;1-2H3. The summed E-state index contributed by atoms with van der Waals surface area (Å²) >= 11 is 6.29. The lowest BCUT2D eigenvalue weighted by atomic mass is 9.88. The van der Waals surface area contributed by atoms with Crippen molar-refractivity contribution in [1.29, 1.82) is 0 Å². The number of allylic oxidation sites excluding steroid dienone is 2. The molecule has 2 aliphatic rings. The van der Waals surface area contributed by atoms with E-state index in [4.69, 9.17) is 11.6 Å². The Morgan fingerprint density at radius 2 is 1.80 bits per heavy atom. The van der Waals surface area contributed by atoms with E-state index in [9.17, 15) is 0 Å². The van der Waals surface area contributed by atoms with Gasteiger partial charge in [0.1, 0.15) is 0 Å². The summed E-state index contributed by atoms with van der Waals surface area (Å²) in [6, 6.07) is 0. The Hall–Kier alpha value is -0.270. The molecule has 1 heterocycles. The summed E-state index contributed by atoms with van der Waals surface area (Å²) in [5, 5.41) is 1.06. The molecule has 86 valence electrons. The van der Waals surface area contributed by atoms with Crippen LogP contribution in [0.2, 0.25) is 0 Å². The molecular weight excluding hydrogens is 206 g/mol. The SMILES string of the molecule is CC.CC1=C(Cl)C2=C(CC1)CN(C)CC2. The second-order valence-corrected chi connectivity index (χ2v) is 4.54. The van der Waals surface area contributed by atoms with Crippen LogP contribution in [0.5, 0.6) is 0 Å². The molecule has 0 N–H and O–H groups in total. The average Bonchev–Trinajstić information content (AvgIpc) is 2.26. The van der Waals surface area contributed by atoms with E-state index in [2.05, 4.69) is 18.9 Å². The van der Waals surface area contributed by atoms with Crippen LogP contribution in [0.3, 0.4) is 0 Å². The maximum atomic E-state index is 6.29. The first-order chi connectivity index (χ1) is 7.18. The minimum atomic E-state index is 1.06.